The van der Waals surface area contributed by atoms with Gasteiger partial charge in [0.1, 0.15) is 0 Å². The lowest BCUT2D eigenvalue weighted by molar-refractivity contribution is -0.386. The van der Waals surface area contributed by atoms with Crippen LogP contribution in [0.1, 0.15) is 26.7 Å². The Bertz CT molecular complexity index is 422. The summed E-state index contributed by atoms with van der Waals surface area (Å²) >= 11 is 0. The van der Waals surface area contributed by atoms with Crippen molar-refractivity contribution in [2.75, 3.05) is 18.4 Å². The molecule has 0 aromatic heterocycles. The molecular weight excluding hydrogens is 246 g/mol. The predicted octanol–water partition coefficient (Wildman–Crippen LogP) is 2.53. The van der Waals surface area contributed by atoms with Gasteiger partial charge in [-0.3, -0.25) is 10.1 Å². The highest BCUT2D eigenvalue weighted by molar-refractivity contribution is 5.58. The van der Waals surface area contributed by atoms with Crippen LogP contribution >= 0.6 is 0 Å². The highest BCUT2D eigenvalue weighted by Gasteiger charge is 2.16. The van der Waals surface area contributed by atoms with Crippen molar-refractivity contribution < 1.29 is 9.66 Å². The number of hydrogen-bond acceptors (Lipinski definition) is 5. The molecule has 3 N–H and O–H groups in total. The van der Waals surface area contributed by atoms with Crippen LogP contribution in [0.5, 0.6) is 5.75 Å². The average molecular weight is 267 g/mol. The van der Waals surface area contributed by atoms with Crippen LogP contribution < -0.4 is 15.8 Å². The largest absolute Gasteiger partial charge is 0.484 e. The quantitative estimate of drug-likeness (QED) is 0.429. The smallest absolute Gasteiger partial charge is 0.311 e. The SMILES string of the molecule is CC(C)Oc1cc(NCCCCN)ccc1[N+](=O)[O-]. The Hall–Kier alpha value is -1.82. The van der Waals surface area contributed by atoms with Crippen molar-refractivity contribution in [3.63, 3.8) is 0 Å². The van der Waals surface area contributed by atoms with E-state index in [1.807, 2.05) is 13.8 Å². The highest BCUT2D eigenvalue weighted by Crippen LogP contribution is 2.30. The minimum Gasteiger partial charge on any atom is -0.484 e. The van der Waals surface area contributed by atoms with Crippen molar-refractivity contribution in [3.05, 3.63) is 28.3 Å². The van der Waals surface area contributed by atoms with E-state index in [-0.39, 0.29) is 11.8 Å². The summed E-state index contributed by atoms with van der Waals surface area (Å²) in [4.78, 5) is 10.5. The maximum Gasteiger partial charge on any atom is 0.311 e. The molecule has 0 aliphatic heterocycles. The van der Waals surface area contributed by atoms with Crippen LogP contribution in [-0.2, 0) is 0 Å². The molecule has 0 fully saturated rings. The zero-order valence-corrected chi connectivity index (χ0v) is 11.4. The van der Waals surface area contributed by atoms with Crippen LogP contribution in [0, 0.1) is 10.1 Å². The standard InChI is InChI=1S/C13H21N3O3/c1-10(2)19-13-9-11(15-8-4-3-7-14)5-6-12(13)16(17)18/h5-6,9-10,15H,3-4,7-8,14H2,1-2H3. The molecule has 0 radical (unpaired) electrons. The van der Waals surface area contributed by atoms with Crippen LogP contribution in [0.25, 0.3) is 0 Å². The number of rotatable bonds is 8. The zero-order valence-electron chi connectivity index (χ0n) is 11.4. The number of ether oxygens (including phenoxy) is 1. The molecule has 0 saturated heterocycles. The van der Waals surface area contributed by atoms with Gasteiger partial charge in [-0.2, -0.15) is 0 Å². The molecule has 0 unspecified atom stereocenters. The first-order valence-corrected chi connectivity index (χ1v) is 6.43. The van der Waals surface area contributed by atoms with Crippen LogP contribution in [0.2, 0.25) is 0 Å². The van der Waals surface area contributed by atoms with Gasteiger partial charge in [0.05, 0.1) is 11.0 Å². The summed E-state index contributed by atoms with van der Waals surface area (Å²) in [6.07, 6.45) is 1.81. The van der Waals surface area contributed by atoms with E-state index in [4.69, 9.17) is 10.5 Å². The van der Waals surface area contributed by atoms with Crippen LogP contribution in [-0.4, -0.2) is 24.1 Å². The number of nitro benzene ring substituents is 1. The number of benzene rings is 1. The summed E-state index contributed by atoms with van der Waals surface area (Å²) < 4.78 is 5.47. The Kier molecular flexibility index (Phi) is 6.08. The van der Waals surface area contributed by atoms with E-state index in [9.17, 15) is 10.1 Å². The lowest BCUT2D eigenvalue weighted by Crippen LogP contribution is -2.09. The van der Waals surface area contributed by atoms with Gasteiger partial charge in [-0.25, -0.2) is 0 Å². The fraction of sp³-hybridized carbons (Fsp3) is 0.538. The van der Waals surface area contributed by atoms with Gasteiger partial charge in [0, 0.05) is 24.4 Å². The number of anilines is 1. The maximum atomic E-state index is 10.9. The van der Waals surface area contributed by atoms with Crippen LogP contribution in [0.4, 0.5) is 11.4 Å². The molecule has 0 amide bonds. The Morgan fingerprint density at radius 3 is 2.74 bits per heavy atom. The Morgan fingerprint density at radius 1 is 1.42 bits per heavy atom. The Balaban J connectivity index is 2.76. The third kappa shape index (κ3) is 5.13. The van der Waals surface area contributed by atoms with Crippen molar-refractivity contribution in [2.45, 2.75) is 32.8 Å². The van der Waals surface area contributed by atoms with Crippen molar-refractivity contribution in [3.8, 4) is 5.75 Å². The van der Waals surface area contributed by atoms with Gasteiger partial charge in [-0.05, 0) is 39.3 Å². The molecular formula is C13H21N3O3. The number of nitrogens with one attached hydrogen (secondary N) is 1. The van der Waals surface area contributed by atoms with Gasteiger partial charge in [-0.15, -0.1) is 0 Å². The minimum absolute atomic E-state index is 0.0128. The van der Waals surface area contributed by atoms with Crippen LogP contribution in [0.15, 0.2) is 18.2 Å². The number of nitrogens with zero attached hydrogens (tertiary/aromatic N) is 1. The molecule has 0 atom stereocenters. The van der Waals surface area contributed by atoms with E-state index in [1.54, 1.807) is 12.1 Å². The zero-order chi connectivity index (χ0) is 14.3. The summed E-state index contributed by atoms with van der Waals surface area (Å²) in [5.41, 5.74) is 6.22. The molecule has 1 aromatic rings. The molecule has 0 spiro atoms. The lowest BCUT2D eigenvalue weighted by Gasteiger charge is -2.12. The van der Waals surface area contributed by atoms with E-state index >= 15 is 0 Å². The molecule has 6 heteroatoms. The monoisotopic (exact) mass is 267 g/mol. The van der Waals surface area contributed by atoms with Crippen molar-refractivity contribution >= 4 is 11.4 Å². The fourth-order valence-corrected chi connectivity index (χ4v) is 1.63. The molecule has 0 heterocycles. The summed E-state index contributed by atoms with van der Waals surface area (Å²) in [7, 11) is 0. The van der Waals surface area contributed by atoms with Gasteiger partial charge in [0.25, 0.3) is 0 Å². The molecule has 1 rings (SSSR count). The maximum absolute atomic E-state index is 10.9. The summed E-state index contributed by atoms with van der Waals surface area (Å²) in [5.74, 6) is 0.295. The van der Waals surface area contributed by atoms with Gasteiger partial charge in [0.15, 0.2) is 5.75 Å². The van der Waals surface area contributed by atoms with Crippen molar-refractivity contribution in [1.29, 1.82) is 0 Å². The number of nitrogens with two attached hydrogens (primary N) is 1. The van der Waals surface area contributed by atoms with Gasteiger partial charge in [-0.1, -0.05) is 0 Å². The second-order valence-electron chi connectivity index (χ2n) is 4.53. The van der Waals surface area contributed by atoms with Crippen LogP contribution in [0.3, 0.4) is 0 Å². The summed E-state index contributed by atoms with van der Waals surface area (Å²) in [6, 6.07) is 4.82. The predicted molar refractivity (Wildman–Crippen MR) is 75.6 cm³/mol. The fourth-order valence-electron chi connectivity index (χ4n) is 1.63. The number of hydrogen-bond donors (Lipinski definition) is 2. The third-order valence-corrected chi connectivity index (χ3v) is 2.48. The minimum atomic E-state index is -0.435. The normalized spacial score (nSPS) is 10.5. The van der Waals surface area contributed by atoms with E-state index in [2.05, 4.69) is 5.32 Å². The second kappa shape index (κ2) is 7.58. The van der Waals surface area contributed by atoms with Crippen molar-refractivity contribution in [1.82, 2.24) is 0 Å². The highest BCUT2D eigenvalue weighted by atomic mass is 16.6. The molecule has 19 heavy (non-hydrogen) atoms. The topological polar surface area (TPSA) is 90.4 Å². The summed E-state index contributed by atoms with van der Waals surface area (Å²) in [5, 5.41) is 14.1. The third-order valence-electron chi connectivity index (χ3n) is 2.48. The van der Waals surface area contributed by atoms with Gasteiger partial charge >= 0.3 is 5.69 Å². The molecule has 0 aliphatic rings. The average Bonchev–Trinajstić information content (AvgIpc) is 2.34. The van der Waals surface area contributed by atoms with E-state index in [0.29, 0.717) is 12.3 Å². The lowest BCUT2D eigenvalue weighted by atomic mass is 10.2. The molecule has 106 valence electrons. The van der Waals surface area contributed by atoms with Crippen molar-refractivity contribution in [2.24, 2.45) is 5.73 Å². The van der Waals surface area contributed by atoms with Gasteiger partial charge in [0.2, 0.25) is 0 Å². The first kappa shape index (κ1) is 15.2. The van der Waals surface area contributed by atoms with E-state index < -0.39 is 4.92 Å². The number of unbranched alkanes of at least 4 members (excludes halogenated alkanes) is 1. The first-order chi connectivity index (χ1) is 9.04. The van der Waals surface area contributed by atoms with E-state index in [0.717, 1.165) is 25.1 Å². The number of nitro groups is 1. The summed E-state index contributed by atoms with van der Waals surface area (Å²) in [6.45, 7) is 5.13. The molecule has 6 nitrogen and oxygen atoms in total. The molecule has 0 aliphatic carbocycles. The Labute approximate surface area is 113 Å². The molecule has 0 bridgehead atoms. The van der Waals surface area contributed by atoms with Gasteiger partial charge < -0.3 is 15.8 Å². The second-order valence-corrected chi connectivity index (χ2v) is 4.53. The molecule has 0 saturated carbocycles. The Morgan fingerprint density at radius 2 is 2.16 bits per heavy atom. The molecule has 1 aromatic carbocycles. The first-order valence-electron chi connectivity index (χ1n) is 6.43. The van der Waals surface area contributed by atoms with E-state index in [1.165, 1.54) is 6.07 Å².